The van der Waals surface area contributed by atoms with Gasteiger partial charge in [0.15, 0.2) is 0 Å². The summed E-state index contributed by atoms with van der Waals surface area (Å²) in [6, 6.07) is 30.0. The van der Waals surface area contributed by atoms with Crippen LogP contribution in [0.2, 0.25) is 0 Å². The smallest absolute Gasteiger partial charge is 0.265 e. The summed E-state index contributed by atoms with van der Waals surface area (Å²) in [6.45, 7) is 0. The van der Waals surface area contributed by atoms with Gasteiger partial charge < -0.3 is 0 Å². The molecular formula is C23H16NO2P. The van der Waals surface area contributed by atoms with E-state index in [4.69, 9.17) is 0 Å². The van der Waals surface area contributed by atoms with Gasteiger partial charge in [0.1, 0.15) is 0 Å². The maximum Gasteiger partial charge on any atom is 0.265 e. The molecule has 0 saturated heterocycles. The Bertz CT molecular complexity index is 1170. The van der Waals surface area contributed by atoms with E-state index in [9.17, 15) is 9.36 Å². The fourth-order valence-electron chi connectivity index (χ4n) is 3.82. The van der Waals surface area contributed by atoms with Gasteiger partial charge in [-0.3, -0.25) is 9.36 Å². The van der Waals surface area contributed by atoms with E-state index in [0.717, 1.165) is 10.8 Å². The molecule has 1 aliphatic heterocycles. The van der Waals surface area contributed by atoms with Crippen LogP contribution in [0, 0.1) is 0 Å². The Labute approximate surface area is 157 Å². The first-order valence-electron chi connectivity index (χ1n) is 8.79. The van der Waals surface area contributed by atoms with Crippen molar-refractivity contribution in [2.45, 2.75) is 0 Å². The summed E-state index contributed by atoms with van der Waals surface area (Å²) >= 11 is 0. The van der Waals surface area contributed by atoms with Crippen LogP contribution >= 0.6 is 7.29 Å². The molecule has 130 valence electrons. The molecular weight excluding hydrogens is 353 g/mol. The molecule has 4 heteroatoms. The molecule has 4 aromatic carbocycles. The second kappa shape index (κ2) is 5.94. The molecule has 1 aliphatic rings. The maximum absolute atomic E-state index is 14.6. The van der Waals surface area contributed by atoms with Gasteiger partial charge in [0.25, 0.3) is 5.91 Å². The molecule has 1 amide bonds. The molecule has 0 aromatic heterocycles. The van der Waals surface area contributed by atoms with Gasteiger partial charge in [0.2, 0.25) is 7.29 Å². The van der Waals surface area contributed by atoms with Gasteiger partial charge in [-0.1, -0.05) is 60.7 Å². The van der Waals surface area contributed by atoms with Crippen LogP contribution in [0.25, 0.3) is 10.8 Å². The van der Waals surface area contributed by atoms with Gasteiger partial charge in [-0.05, 0) is 41.8 Å². The molecule has 0 fully saturated rings. The maximum atomic E-state index is 14.6. The predicted octanol–water partition coefficient (Wildman–Crippen LogP) is 4.73. The van der Waals surface area contributed by atoms with E-state index in [-0.39, 0.29) is 5.91 Å². The van der Waals surface area contributed by atoms with Gasteiger partial charge in [-0.15, -0.1) is 0 Å². The summed E-state index contributed by atoms with van der Waals surface area (Å²) in [5.74, 6) is -0.210. The Kier molecular flexibility index (Phi) is 3.53. The number of rotatable bonds is 3. The zero-order chi connectivity index (χ0) is 18.4. The predicted molar refractivity (Wildman–Crippen MR) is 111 cm³/mol. The van der Waals surface area contributed by atoms with Crippen LogP contribution in [0.1, 0.15) is 10.4 Å². The summed E-state index contributed by atoms with van der Waals surface area (Å²) in [4.78, 5) is 13.4. The van der Waals surface area contributed by atoms with Crippen molar-refractivity contribution < 1.29 is 9.36 Å². The van der Waals surface area contributed by atoms with E-state index in [1.807, 2.05) is 97.1 Å². The standard InChI is InChI=1S/C23H16NO2P/c25-23-20-15-7-9-17-10-8-16-21(22(17)20)24(23)27(26,18-11-3-1-4-12-18)19-13-5-2-6-14-19/h1-16H. The molecule has 4 aromatic rings. The molecule has 0 N–H and O–H groups in total. The Morgan fingerprint density at radius 1 is 0.630 bits per heavy atom. The average Bonchev–Trinajstić information content (AvgIpc) is 3.03. The normalized spacial score (nSPS) is 13.3. The highest BCUT2D eigenvalue weighted by molar-refractivity contribution is 7.81. The third-order valence-corrected chi connectivity index (χ3v) is 7.98. The number of amides is 1. The molecule has 0 atom stereocenters. The van der Waals surface area contributed by atoms with Crippen molar-refractivity contribution in [2.24, 2.45) is 0 Å². The van der Waals surface area contributed by atoms with Crippen LogP contribution in [0.15, 0.2) is 97.1 Å². The summed E-state index contributed by atoms with van der Waals surface area (Å²) < 4.78 is 16.2. The zero-order valence-electron chi connectivity index (χ0n) is 14.4. The monoisotopic (exact) mass is 369 g/mol. The van der Waals surface area contributed by atoms with Crippen molar-refractivity contribution >= 4 is 40.3 Å². The first-order valence-corrected chi connectivity index (χ1v) is 10.5. The van der Waals surface area contributed by atoms with Crippen LogP contribution in [0.3, 0.4) is 0 Å². The molecule has 27 heavy (non-hydrogen) atoms. The third kappa shape index (κ3) is 2.22. The van der Waals surface area contributed by atoms with Gasteiger partial charge in [0, 0.05) is 16.0 Å². The van der Waals surface area contributed by atoms with Gasteiger partial charge in [-0.25, -0.2) is 4.67 Å². The fraction of sp³-hybridized carbons (Fsp3) is 0. The molecule has 0 spiro atoms. The van der Waals surface area contributed by atoms with Crippen LogP contribution in [-0.4, -0.2) is 5.91 Å². The van der Waals surface area contributed by atoms with E-state index in [1.165, 1.54) is 4.67 Å². The Balaban J connectivity index is 1.84. The highest BCUT2D eigenvalue weighted by Crippen LogP contribution is 2.55. The first-order chi connectivity index (χ1) is 13.2. The number of carbonyl (C=O) groups is 1. The van der Waals surface area contributed by atoms with E-state index in [0.29, 0.717) is 21.9 Å². The minimum absolute atomic E-state index is 0.210. The summed E-state index contributed by atoms with van der Waals surface area (Å²) in [5.41, 5.74) is 1.32. The Hall–Kier alpha value is -3.16. The highest BCUT2D eigenvalue weighted by Gasteiger charge is 2.44. The van der Waals surface area contributed by atoms with Crippen LogP contribution in [0.4, 0.5) is 5.69 Å². The fourth-order valence-corrected chi connectivity index (χ4v) is 6.57. The number of nitrogens with zero attached hydrogens (tertiary/aromatic N) is 1. The van der Waals surface area contributed by atoms with Crippen molar-refractivity contribution in [1.29, 1.82) is 0 Å². The molecule has 1 heterocycles. The van der Waals surface area contributed by atoms with E-state index in [1.54, 1.807) is 0 Å². The number of hydrogen-bond acceptors (Lipinski definition) is 2. The number of benzene rings is 4. The zero-order valence-corrected chi connectivity index (χ0v) is 15.3. The summed E-state index contributed by atoms with van der Waals surface area (Å²) in [6.07, 6.45) is 0. The van der Waals surface area contributed by atoms with Crippen LogP contribution in [0.5, 0.6) is 0 Å². The molecule has 0 saturated carbocycles. The lowest BCUT2D eigenvalue weighted by atomic mass is 10.1. The SMILES string of the molecule is O=C1c2cccc3cccc(c23)N1P(=O)(c1ccccc1)c1ccccc1. The Morgan fingerprint density at radius 3 is 1.78 bits per heavy atom. The van der Waals surface area contributed by atoms with Gasteiger partial charge in [0.05, 0.1) is 11.3 Å². The molecule has 5 rings (SSSR count). The van der Waals surface area contributed by atoms with Crippen molar-refractivity contribution in [3.63, 3.8) is 0 Å². The van der Waals surface area contributed by atoms with E-state index >= 15 is 0 Å². The summed E-state index contributed by atoms with van der Waals surface area (Å²) in [5, 5.41) is 3.15. The second-order valence-electron chi connectivity index (χ2n) is 6.54. The molecule has 0 aliphatic carbocycles. The molecule has 0 unspecified atom stereocenters. The highest BCUT2D eigenvalue weighted by atomic mass is 31.2. The van der Waals surface area contributed by atoms with Crippen molar-refractivity contribution in [3.8, 4) is 0 Å². The average molecular weight is 369 g/mol. The van der Waals surface area contributed by atoms with Gasteiger partial charge >= 0.3 is 0 Å². The quantitative estimate of drug-likeness (QED) is 0.490. The number of carbonyl (C=O) groups excluding carboxylic acids is 1. The Morgan fingerprint density at radius 2 is 1.19 bits per heavy atom. The minimum Gasteiger partial charge on any atom is -0.289 e. The first kappa shape index (κ1) is 16.0. The third-order valence-electron chi connectivity index (χ3n) is 5.03. The van der Waals surface area contributed by atoms with E-state index < -0.39 is 7.29 Å². The van der Waals surface area contributed by atoms with Crippen LogP contribution in [-0.2, 0) is 4.57 Å². The van der Waals surface area contributed by atoms with Gasteiger partial charge in [-0.2, -0.15) is 0 Å². The van der Waals surface area contributed by atoms with E-state index in [2.05, 4.69) is 0 Å². The number of hydrogen-bond donors (Lipinski definition) is 0. The lowest BCUT2D eigenvalue weighted by Gasteiger charge is -2.29. The molecule has 0 radical (unpaired) electrons. The lowest BCUT2D eigenvalue weighted by Crippen LogP contribution is -2.34. The van der Waals surface area contributed by atoms with Crippen molar-refractivity contribution in [3.05, 3.63) is 103 Å². The van der Waals surface area contributed by atoms with Crippen LogP contribution < -0.4 is 15.3 Å². The molecule has 0 bridgehead atoms. The minimum atomic E-state index is -3.39. The second-order valence-corrected chi connectivity index (χ2v) is 9.13. The summed E-state index contributed by atoms with van der Waals surface area (Å²) in [7, 11) is -3.39. The lowest BCUT2D eigenvalue weighted by molar-refractivity contribution is 0.101. The topological polar surface area (TPSA) is 37.4 Å². The number of anilines is 1. The van der Waals surface area contributed by atoms with Crippen molar-refractivity contribution in [1.82, 2.24) is 0 Å². The largest absolute Gasteiger partial charge is 0.289 e. The molecule has 3 nitrogen and oxygen atoms in total. The van der Waals surface area contributed by atoms with Crippen molar-refractivity contribution in [2.75, 3.05) is 4.67 Å².